The molecule has 0 radical (unpaired) electrons. The standard InChI is InChI=1S/C8H16O/c1-4-8-5-6(2)7(3)9-8/h6-8H,4-5H2,1-3H3/t6?,7-,8+/m1/s1. The molecule has 1 aliphatic rings. The van der Waals surface area contributed by atoms with E-state index in [2.05, 4.69) is 20.8 Å². The van der Waals surface area contributed by atoms with Gasteiger partial charge in [-0.15, -0.1) is 0 Å². The van der Waals surface area contributed by atoms with Crippen molar-refractivity contribution < 1.29 is 4.74 Å². The highest BCUT2D eigenvalue weighted by Gasteiger charge is 2.26. The lowest BCUT2D eigenvalue weighted by Gasteiger charge is -2.07. The second-order valence-corrected chi connectivity index (χ2v) is 3.08. The Morgan fingerprint density at radius 2 is 2.11 bits per heavy atom. The molecule has 1 nitrogen and oxygen atoms in total. The zero-order chi connectivity index (χ0) is 6.85. The molecule has 1 heterocycles. The van der Waals surface area contributed by atoms with Crippen molar-refractivity contribution in [1.29, 1.82) is 0 Å². The van der Waals surface area contributed by atoms with E-state index in [4.69, 9.17) is 4.74 Å². The Balaban J connectivity index is 2.35. The number of hydrogen-bond acceptors (Lipinski definition) is 1. The van der Waals surface area contributed by atoms with Crippen LogP contribution in [-0.2, 0) is 4.74 Å². The maximum atomic E-state index is 5.62. The third-order valence-corrected chi connectivity index (χ3v) is 2.30. The minimum Gasteiger partial charge on any atom is -0.375 e. The summed E-state index contributed by atoms with van der Waals surface area (Å²) >= 11 is 0. The summed E-state index contributed by atoms with van der Waals surface area (Å²) in [5.74, 6) is 0.773. The molecule has 3 atom stereocenters. The fraction of sp³-hybridized carbons (Fsp3) is 1.00. The smallest absolute Gasteiger partial charge is 0.0579 e. The van der Waals surface area contributed by atoms with Gasteiger partial charge < -0.3 is 4.74 Å². The highest BCUT2D eigenvalue weighted by atomic mass is 16.5. The third-order valence-electron chi connectivity index (χ3n) is 2.30. The van der Waals surface area contributed by atoms with Crippen molar-refractivity contribution in [2.45, 2.75) is 45.8 Å². The Kier molecular flexibility index (Phi) is 2.12. The van der Waals surface area contributed by atoms with Crippen LogP contribution in [0.25, 0.3) is 0 Å². The zero-order valence-corrected chi connectivity index (χ0v) is 6.55. The Bertz CT molecular complexity index is 80.6. The molecule has 0 saturated carbocycles. The second kappa shape index (κ2) is 2.70. The van der Waals surface area contributed by atoms with Crippen LogP contribution in [0.15, 0.2) is 0 Å². The Labute approximate surface area is 57.4 Å². The molecule has 1 aliphatic heterocycles. The summed E-state index contributed by atoms with van der Waals surface area (Å²) in [6.45, 7) is 6.62. The van der Waals surface area contributed by atoms with Gasteiger partial charge in [0.05, 0.1) is 12.2 Å². The van der Waals surface area contributed by atoms with Gasteiger partial charge >= 0.3 is 0 Å². The van der Waals surface area contributed by atoms with E-state index in [1.807, 2.05) is 0 Å². The van der Waals surface area contributed by atoms with Crippen LogP contribution in [0.1, 0.15) is 33.6 Å². The first kappa shape index (κ1) is 7.07. The van der Waals surface area contributed by atoms with E-state index in [1.54, 1.807) is 0 Å². The van der Waals surface area contributed by atoms with Crippen molar-refractivity contribution in [2.75, 3.05) is 0 Å². The maximum Gasteiger partial charge on any atom is 0.0579 e. The molecule has 1 rings (SSSR count). The lowest BCUT2D eigenvalue weighted by Crippen LogP contribution is -2.08. The van der Waals surface area contributed by atoms with E-state index in [9.17, 15) is 0 Å². The molecule has 0 spiro atoms. The second-order valence-electron chi connectivity index (χ2n) is 3.08. The molecule has 0 amide bonds. The van der Waals surface area contributed by atoms with Gasteiger partial charge in [-0.2, -0.15) is 0 Å². The SMILES string of the molecule is CC[C@H]1CC(C)[C@@H](C)O1. The van der Waals surface area contributed by atoms with Crippen LogP contribution in [0, 0.1) is 5.92 Å². The van der Waals surface area contributed by atoms with Crippen molar-refractivity contribution >= 4 is 0 Å². The van der Waals surface area contributed by atoms with Crippen molar-refractivity contribution in [2.24, 2.45) is 5.92 Å². The average molecular weight is 128 g/mol. The number of hydrogen-bond donors (Lipinski definition) is 0. The molecule has 0 N–H and O–H groups in total. The lowest BCUT2D eigenvalue weighted by molar-refractivity contribution is 0.0460. The molecular weight excluding hydrogens is 112 g/mol. The molecule has 0 aliphatic carbocycles. The monoisotopic (exact) mass is 128 g/mol. The molecule has 0 aromatic carbocycles. The topological polar surface area (TPSA) is 9.23 Å². The molecule has 1 fully saturated rings. The fourth-order valence-electron chi connectivity index (χ4n) is 1.36. The lowest BCUT2D eigenvalue weighted by atomic mass is 10.0. The van der Waals surface area contributed by atoms with Crippen LogP contribution in [0.4, 0.5) is 0 Å². The first-order valence-corrected chi connectivity index (χ1v) is 3.89. The molecular formula is C8H16O. The van der Waals surface area contributed by atoms with Crippen LogP contribution in [0.3, 0.4) is 0 Å². The fourth-order valence-corrected chi connectivity index (χ4v) is 1.36. The minimum atomic E-state index is 0.495. The van der Waals surface area contributed by atoms with Gasteiger partial charge in [-0.3, -0.25) is 0 Å². The van der Waals surface area contributed by atoms with E-state index in [0.29, 0.717) is 12.2 Å². The van der Waals surface area contributed by atoms with Gasteiger partial charge in [0.15, 0.2) is 0 Å². The molecule has 0 bridgehead atoms. The summed E-state index contributed by atoms with van der Waals surface area (Å²) in [6, 6.07) is 0. The normalized spacial score (nSPS) is 43.7. The first-order valence-electron chi connectivity index (χ1n) is 3.89. The van der Waals surface area contributed by atoms with Crippen LogP contribution in [0.5, 0.6) is 0 Å². The predicted octanol–water partition coefficient (Wildman–Crippen LogP) is 2.21. The summed E-state index contributed by atoms with van der Waals surface area (Å²) in [4.78, 5) is 0. The van der Waals surface area contributed by atoms with E-state index < -0.39 is 0 Å². The van der Waals surface area contributed by atoms with Crippen LogP contribution < -0.4 is 0 Å². The highest BCUT2D eigenvalue weighted by Crippen LogP contribution is 2.26. The highest BCUT2D eigenvalue weighted by molar-refractivity contribution is 4.75. The Hall–Kier alpha value is -0.0400. The predicted molar refractivity (Wildman–Crippen MR) is 38.4 cm³/mol. The third kappa shape index (κ3) is 1.45. The maximum absolute atomic E-state index is 5.62. The summed E-state index contributed by atoms with van der Waals surface area (Å²) in [5.41, 5.74) is 0. The van der Waals surface area contributed by atoms with E-state index in [-0.39, 0.29) is 0 Å². The molecule has 1 saturated heterocycles. The van der Waals surface area contributed by atoms with Crippen LogP contribution in [-0.4, -0.2) is 12.2 Å². The largest absolute Gasteiger partial charge is 0.375 e. The van der Waals surface area contributed by atoms with Gasteiger partial charge in [0.1, 0.15) is 0 Å². The number of rotatable bonds is 1. The molecule has 9 heavy (non-hydrogen) atoms. The summed E-state index contributed by atoms with van der Waals surface area (Å²) in [7, 11) is 0. The van der Waals surface area contributed by atoms with E-state index in [1.165, 1.54) is 12.8 Å². The van der Waals surface area contributed by atoms with Gasteiger partial charge in [0, 0.05) is 0 Å². The van der Waals surface area contributed by atoms with Crippen molar-refractivity contribution in [3.63, 3.8) is 0 Å². The first-order chi connectivity index (χ1) is 4.24. The van der Waals surface area contributed by atoms with Gasteiger partial charge in [-0.1, -0.05) is 13.8 Å². The summed E-state index contributed by atoms with van der Waals surface area (Å²) in [6.07, 6.45) is 3.48. The Morgan fingerprint density at radius 3 is 2.33 bits per heavy atom. The van der Waals surface area contributed by atoms with Crippen LogP contribution in [0.2, 0.25) is 0 Å². The van der Waals surface area contributed by atoms with E-state index >= 15 is 0 Å². The molecule has 54 valence electrons. The molecule has 0 aromatic rings. The molecule has 0 aromatic heterocycles. The van der Waals surface area contributed by atoms with Crippen LogP contribution >= 0.6 is 0 Å². The quantitative estimate of drug-likeness (QED) is 0.526. The van der Waals surface area contributed by atoms with Gasteiger partial charge in [0.2, 0.25) is 0 Å². The summed E-state index contributed by atoms with van der Waals surface area (Å²) in [5, 5.41) is 0. The minimum absolute atomic E-state index is 0.495. The van der Waals surface area contributed by atoms with Crippen molar-refractivity contribution in [1.82, 2.24) is 0 Å². The number of ether oxygens (including phenoxy) is 1. The molecule has 1 unspecified atom stereocenters. The van der Waals surface area contributed by atoms with Gasteiger partial charge in [0.25, 0.3) is 0 Å². The Morgan fingerprint density at radius 1 is 1.44 bits per heavy atom. The zero-order valence-electron chi connectivity index (χ0n) is 6.55. The van der Waals surface area contributed by atoms with Crippen molar-refractivity contribution in [3.05, 3.63) is 0 Å². The van der Waals surface area contributed by atoms with Gasteiger partial charge in [-0.25, -0.2) is 0 Å². The molecule has 1 heteroatoms. The van der Waals surface area contributed by atoms with E-state index in [0.717, 1.165) is 5.92 Å². The average Bonchev–Trinajstić information content (AvgIpc) is 2.13. The van der Waals surface area contributed by atoms with Gasteiger partial charge in [-0.05, 0) is 25.7 Å². The summed E-state index contributed by atoms with van der Waals surface area (Å²) < 4.78 is 5.62. The van der Waals surface area contributed by atoms with Crippen molar-refractivity contribution in [3.8, 4) is 0 Å².